The van der Waals surface area contributed by atoms with Gasteiger partial charge < -0.3 is 10.6 Å². The first-order chi connectivity index (χ1) is 8.97. The van der Waals surface area contributed by atoms with E-state index in [9.17, 15) is 0 Å². The van der Waals surface area contributed by atoms with Crippen molar-refractivity contribution in [1.29, 1.82) is 5.41 Å². The normalized spacial score (nSPS) is 10.5. The zero-order valence-electron chi connectivity index (χ0n) is 10.3. The summed E-state index contributed by atoms with van der Waals surface area (Å²) in [5.41, 5.74) is 8.55. The fourth-order valence-electron chi connectivity index (χ4n) is 1.77. The van der Waals surface area contributed by atoms with Gasteiger partial charge in [0.25, 0.3) is 0 Å². The summed E-state index contributed by atoms with van der Waals surface area (Å²) in [5, 5.41) is 9.57. The van der Waals surface area contributed by atoms with Crippen LogP contribution in [-0.2, 0) is 6.54 Å². The third-order valence-corrected chi connectivity index (χ3v) is 4.90. The zero-order valence-corrected chi connectivity index (χ0v) is 14.3. The smallest absolute Gasteiger partial charge is 0.122 e. The van der Waals surface area contributed by atoms with Gasteiger partial charge >= 0.3 is 0 Å². The number of amidine groups is 1. The molecule has 0 bridgehead atoms. The predicted molar refractivity (Wildman–Crippen MR) is 89.3 cm³/mol. The molecule has 1 heterocycles. The molecule has 100 valence electrons. The highest BCUT2D eigenvalue weighted by atomic mass is 79.9. The van der Waals surface area contributed by atoms with Gasteiger partial charge in [-0.2, -0.15) is 0 Å². The third-order valence-electron chi connectivity index (χ3n) is 2.71. The van der Waals surface area contributed by atoms with Gasteiger partial charge in [0.05, 0.1) is 9.47 Å². The average Bonchev–Trinajstić information content (AvgIpc) is 2.74. The zero-order chi connectivity index (χ0) is 14.0. The molecule has 0 radical (unpaired) electrons. The largest absolute Gasteiger partial charge is 0.384 e. The molecule has 2 rings (SSSR count). The van der Waals surface area contributed by atoms with Crippen LogP contribution in [0.25, 0.3) is 0 Å². The number of nitrogens with zero attached hydrogens (tertiary/aromatic N) is 1. The Kier molecular flexibility index (Phi) is 4.65. The van der Waals surface area contributed by atoms with Crippen LogP contribution in [0.15, 0.2) is 37.9 Å². The second-order valence-electron chi connectivity index (χ2n) is 4.19. The number of thiophene rings is 1. The number of anilines is 1. The molecule has 2 aromatic rings. The molecule has 6 heteroatoms. The molecule has 0 spiro atoms. The van der Waals surface area contributed by atoms with E-state index >= 15 is 0 Å². The fraction of sp³-hybridized carbons (Fsp3) is 0.154. The van der Waals surface area contributed by atoms with Crippen molar-refractivity contribution in [3.63, 3.8) is 0 Å². The van der Waals surface area contributed by atoms with Crippen molar-refractivity contribution in [2.45, 2.75) is 6.54 Å². The molecule has 0 unspecified atom stereocenters. The average molecular weight is 403 g/mol. The molecule has 0 aliphatic rings. The van der Waals surface area contributed by atoms with Gasteiger partial charge in [-0.05, 0) is 67.1 Å². The van der Waals surface area contributed by atoms with Crippen LogP contribution in [0, 0.1) is 5.41 Å². The van der Waals surface area contributed by atoms with E-state index < -0.39 is 0 Å². The second-order valence-corrected chi connectivity index (χ2v) is 7.34. The molecular weight excluding hydrogens is 390 g/mol. The van der Waals surface area contributed by atoms with Gasteiger partial charge in [-0.3, -0.25) is 5.41 Å². The van der Waals surface area contributed by atoms with E-state index in [1.54, 1.807) is 11.3 Å². The number of hydrogen-bond donors (Lipinski definition) is 2. The van der Waals surface area contributed by atoms with E-state index in [1.165, 1.54) is 5.56 Å². The number of nitrogen functional groups attached to an aromatic ring is 1. The van der Waals surface area contributed by atoms with Crippen molar-refractivity contribution in [2.24, 2.45) is 5.73 Å². The quantitative estimate of drug-likeness (QED) is 0.594. The number of hydrogen-bond acceptors (Lipinski definition) is 3. The number of halogens is 2. The Bertz CT molecular complexity index is 610. The standard InChI is InChI=1S/C13H13Br2N3S/c1-18(6-8-4-12(15)19-7-8)11-3-2-9(13(16)17)5-10(11)14/h2-5,7H,6H2,1H3,(H3,16,17). The van der Waals surface area contributed by atoms with Gasteiger partial charge in [0, 0.05) is 23.6 Å². The van der Waals surface area contributed by atoms with E-state index in [1.807, 2.05) is 25.2 Å². The maximum atomic E-state index is 7.43. The minimum atomic E-state index is 0.0802. The molecule has 0 saturated heterocycles. The van der Waals surface area contributed by atoms with Crippen molar-refractivity contribution in [2.75, 3.05) is 11.9 Å². The lowest BCUT2D eigenvalue weighted by Crippen LogP contribution is -2.17. The van der Waals surface area contributed by atoms with Gasteiger partial charge in [-0.1, -0.05) is 0 Å². The minimum absolute atomic E-state index is 0.0802. The lowest BCUT2D eigenvalue weighted by Gasteiger charge is -2.20. The Morgan fingerprint density at radius 3 is 2.63 bits per heavy atom. The molecule has 0 saturated carbocycles. The van der Waals surface area contributed by atoms with Gasteiger partial charge in [-0.15, -0.1) is 11.3 Å². The SMILES string of the molecule is CN(Cc1csc(Br)c1)c1ccc(C(=N)N)cc1Br. The topological polar surface area (TPSA) is 53.1 Å². The van der Waals surface area contributed by atoms with Crippen LogP contribution in [0.3, 0.4) is 0 Å². The molecule has 0 aliphatic carbocycles. The Balaban J connectivity index is 2.19. The number of nitrogens with one attached hydrogen (secondary N) is 1. The summed E-state index contributed by atoms with van der Waals surface area (Å²) in [6.07, 6.45) is 0. The molecule has 0 atom stereocenters. The Morgan fingerprint density at radius 2 is 2.11 bits per heavy atom. The van der Waals surface area contributed by atoms with Crippen molar-refractivity contribution in [3.05, 3.63) is 49.0 Å². The van der Waals surface area contributed by atoms with E-state index in [2.05, 4.69) is 48.2 Å². The Labute approximate surface area is 133 Å². The molecule has 19 heavy (non-hydrogen) atoms. The monoisotopic (exact) mass is 401 g/mol. The first-order valence-corrected chi connectivity index (χ1v) is 8.02. The molecule has 0 aliphatic heterocycles. The maximum Gasteiger partial charge on any atom is 0.122 e. The summed E-state index contributed by atoms with van der Waals surface area (Å²) >= 11 is 8.69. The first kappa shape index (κ1) is 14.6. The van der Waals surface area contributed by atoms with Crippen molar-refractivity contribution in [3.8, 4) is 0 Å². The number of benzene rings is 1. The van der Waals surface area contributed by atoms with E-state index in [0.29, 0.717) is 0 Å². The highest BCUT2D eigenvalue weighted by molar-refractivity contribution is 9.11. The first-order valence-electron chi connectivity index (χ1n) is 5.55. The Hall–Kier alpha value is -0.850. The highest BCUT2D eigenvalue weighted by Crippen LogP contribution is 2.29. The summed E-state index contributed by atoms with van der Waals surface area (Å²) in [6, 6.07) is 7.83. The highest BCUT2D eigenvalue weighted by Gasteiger charge is 2.09. The number of rotatable bonds is 4. The summed E-state index contributed by atoms with van der Waals surface area (Å²) in [7, 11) is 2.04. The van der Waals surface area contributed by atoms with Crippen LogP contribution in [0.5, 0.6) is 0 Å². The maximum absolute atomic E-state index is 7.43. The molecule has 1 aromatic carbocycles. The Morgan fingerprint density at radius 1 is 1.37 bits per heavy atom. The van der Waals surface area contributed by atoms with Crippen LogP contribution in [-0.4, -0.2) is 12.9 Å². The third kappa shape index (κ3) is 3.58. The van der Waals surface area contributed by atoms with Crippen LogP contribution in [0.1, 0.15) is 11.1 Å². The predicted octanol–water partition coefficient (Wildman–Crippen LogP) is 4.19. The van der Waals surface area contributed by atoms with Crippen molar-refractivity contribution in [1.82, 2.24) is 0 Å². The molecule has 3 N–H and O–H groups in total. The molecular formula is C13H13Br2N3S. The second kappa shape index (κ2) is 6.07. The molecule has 1 aromatic heterocycles. The van der Waals surface area contributed by atoms with E-state index in [0.717, 1.165) is 26.1 Å². The van der Waals surface area contributed by atoms with Crippen molar-refractivity contribution >= 4 is 54.7 Å². The molecule has 0 fully saturated rings. The lowest BCUT2D eigenvalue weighted by atomic mass is 10.2. The van der Waals surface area contributed by atoms with Gasteiger partial charge in [0.1, 0.15) is 5.84 Å². The molecule has 0 amide bonds. The molecule has 3 nitrogen and oxygen atoms in total. The summed E-state index contributed by atoms with van der Waals surface area (Å²) in [4.78, 5) is 2.16. The van der Waals surface area contributed by atoms with Crippen LogP contribution in [0.2, 0.25) is 0 Å². The van der Waals surface area contributed by atoms with Gasteiger partial charge in [0.2, 0.25) is 0 Å². The van der Waals surface area contributed by atoms with E-state index in [-0.39, 0.29) is 5.84 Å². The fourth-order valence-corrected chi connectivity index (χ4v) is 3.65. The van der Waals surface area contributed by atoms with Crippen molar-refractivity contribution < 1.29 is 0 Å². The summed E-state index contributed by atoms with van der Waals surface area (Å²) in [6.45, 7) is 0.833. The van der Waals surface area contributed by atoms with Crippen LogP contribution < -0.4 is 10.6 Å². The number of nitrogens with two attached hydrogens (primary N) is 1. The minimum Gasteiger partial charge on any atom is -0.384 e. The summed E-state index contributed by atoms with van der Waals surface area (Å²) in [5.74, 6) is 0.0802. The van der Waals surface area contributed by atoms with Crippen LogP contribution >= 0.6 is 43.2 Å². The van der Waals surface area contributed by atoms with Gasteiger partial charge in [0.15, 0.2) is 0 Å². The van der Waals surface area contributed by atoms with Crippen LogP contribution in [0.4, 0.5) is 5.69 Å². The van der Waals surface area contributed by atoms with E-state index in [4.69, 9.17) is 11.1 Å². The summed E-state index contributed by atoms with van der Waals surface area (Å²) < 4.78 is 2.08. The van der Waals surface area contributed by atoms with Gasteiger partial charge in [-0.25, -0.2) is 0 Å². The lowest BCUT2D eigenvalue weighted by molar-refractivity contribution is 0.924.